The zero-order valence-electron chi connectivity index (χ0n) is 7.51. The molecular formula is C10H8F2OS. The van der Waals surface area contributed by atoms with E-state index in [2.05, 4.69) is 0 Å². The largest absolute Gasteiger partial charge is 0.490 e. The topological polar surface area (TPSA) is 9.23 Å². The fraction of sp³-hybridized carbons (Fsp3) is 0.200. The van der Waals surface area contributed by atoms with Crippen LogP contribution in [0.15, 0.2) is 17.5 Å². The second-order valence-electron chi connectivity index (χ2n) is 2.77. The Morgan fingerprint density at radius 3 is 2.86 bits per heavy atom. The number of benzene rings is 1. The van der Waals surface area contributed by atoms with Crippen LogP contribution in [0.1, 0.15) is 6.92 Å². The Labute approximate surface area is 83.9 Å². The van der Waals surface area contributed by atoms with Gasteiger partial charge in [-0.3, -0.25) is 0 Å². The van der Waals surface area contributed by atoms with Crippen LogP contribution in [-0.4, -0.2) is 6.61 Å². The first-order chi connectivity index (χ1) is 6.74. The highest BCUT2D eigenvalue weighted by molar-refractivity contribution is 7.17. The van der Waals surface area contributed by atoms with E-state index in [1.54, 1.807) is 18.4 Å². The lowest BCUT2D eigenvalue weighted by Gasteiger charge is -2.06. The van der Waals surface area contributed by atoms with Crippen molar-refractivity contribution in [1.29, 1.82) is 0 Å². The van der Waals surface area contributed by atoms with E-state index < -0.39 is 11.6 Å². The normalized spacial score (nSPS) is 10.8. The smallest absolute Gasteiger partial charge is 0.168 e. The molecule has 0 radical (unpaired) electrons. The fourth-order valence-electron chi connectivity index (χ4n) is 1.34. The van der Waals surface area contributed by atoms with Crippen molar-refractivity contribution < 1.29 is 13.5 Å². The molecule has 0 amide bonds. The van der Waals surface area contributed by atoms with Crippen LogP contribution in [0.25, 0.3) is 10.1 Å². The first kappa shape index (κ1) is 9.40. The Hall–Kier alpha value is -1.16. The monoisotopic (exact) mass is 214 g/mol. The lowest BCUT2D eigenvalue weighted by atomic mass is 10.2. The minimum Gasteiger partial charge on any atom is -0.490 e. The van der Waals surface area contributed by atoms with E-state index in [1.165, 1.54) is 11.3 Å². The summed E-state index contributed by atoms with van der Waals surface area (Å²) in [6, 6.07) is 2.53. The highest BCUT2D eigenvalue weighted by atomic mass is 32.1. The van der Waals surface area contributed by atoms with E-state index in [4.69, 9.17) is 4.74 Å². The molecule has 1 aromatic heterocycles. The van der Waals surface area contributed by atoms with Gasteiger partial charge >= 0.3 is 0 Å². The van der Waals surface area contributed by atoms with Gasteiger partial charge in [0.1, 0.15) is 5.82 Å². The Balaban J connectivity index is 2.73. The standard InChI is InChI=1S/C10H8F2OS/c1-2-13-9-6-3-4-14-10(6)8(12)5-7(9)11/h3-5H,2H2,1H3. The molecule has 0 unspecified atom stereocenters. The van der Waals surface area contributed by atoms with Crippen molar-refractivity contribution in [3.8, 4) is 5.75 Å². The van der Waals surface area contributed by atoms with Crippen molar-refractivity contribution in [3.05, 3.63) is 29.1 Å². The van der Waals surface area contributed by atoms with E-state index in [9.17, 15) is 8.78 Å². The van der Waals surface area contributed by atoms with Crippen molar-refractivity contribution in [2.45, 2.75) is 6.92 Å². The van der Waals surface area contributed by atoms with Gasteiger partial charge in [0.05, 0.1) is 11.3 Å². The molecule has 2 aromatic rings. The lowest BCUT2D eigenvalue weighted by molar-refractivity contribution is 0.325. The van der Waals surface area contributed by atoms with E-state index in [0.29, 0.717) is 16.7 Å². The first-order valence-corrected chi connectivity index (χ1v) is 5.10. The van der Waals surface area contributed by atoms with Crippen LogP contribution in [0.3, 0.4) is 0 Å². The second kappa shape index (κ2) is 3.53. The van der Waals surface area contributed by atoms with Crippen LogP contribution in [0.4, 0.5) is 8.78 Å². The summed E-state index contributed by atoms with van der Waals surface area (Å²) >= 11 is 1.24. The molecule has 0 N–H and O–H groups in total. The number of hydrogen-bond donors (Lipinski definition) is 0. The molecule has 1 aromatic carbocycles. The van der Waals surface area contributed by atoms with Crippen molar-refractivity contribution >= 4 is 21.4 Å². The maximum absolute atomic E-state index is 13.3. The fourth-order valence-corrected chi connectivity index (χ4v) is 2.13. The molecule has 1 nitrogen and oxygen atoms in total. The predicted molar refractivity (Wildman–Crippen MR) is 52.9 cm³/mol. The molecule has 2 rings (SSSR count). The summed E-state index contributed by atoms with van der Waals surface area (Å²) in [5.74, 6) is -1.03. The molecule has 14 heavy (non-hydrogen) atoms. The quantitative estimate of drug-likeness (QED) is 0.742. The van der Waals surface area contributed by atoms with Crippen molar-refractivity contribution in [2.24, 2.45) is 0 Å². The molecule has 1 heterocycles. The van der Waals surface area contributed by atoms with Gasteiger partial charge in [-0.15, -0.1) is 11.3 Å². The van der Waals surface area contributed by atoms with Gasteiger partial charge in [-0.1, -0.05) is 0 Å². The van der Waals surface area contributed by atoms with Gasteiger partial charge in [0.25, 0.3) is 0 Å². The minimum absolute atomic E-state index is 0.144. The van der Waals surface area contributed by atoms with Gasteiger partial charge in [0, 0.05) is 11.5 Å². The highest BCUT2D eigenvalue weighted by Gasteiger charge is 2.13. The average Bonchev–Trinajstić information content (AvgIpc) is 2.60. The number of hydrogen-bond acceptors (Lipinski definition) is 2. The van der Waals surface area contributed by atoms with Crippen LogP contribution in [0, 0.1) is 11.6 Å². The lowest BCUT2D eigenvalue weighted by Crippen LogP contribution is -1.95. The van der Waals surface area contributed by atoms with Gasteiger partial charge < -0.3 is 4.74 Å². The molecule has 0 saturated heterocycles. The molecule has 0 spiro atoms. The molecule has 0 bridgehead atoms. The van der Waals surface area contributed by atoms with Gasteiger partial charge in [-0.05, 0) is 18.4 Å². The zero-order chi connectivity index (χ0) is 10.1. The molecular weight excluding hydrogens is 206 g/mol. The summed E-state index contributed by atoms with van der Waals surface area (Å²) in [6.45, 7) is 2.13. The highest BCUT2D eigenvalue weighted by Crippen LogP contribution is 2.34. The summed E-state index contributed by atoms with van der Waals surface area (Å²) in [5, 5.41) is 2.23. The number of fused-ring (bicyclic) bond motifs is 1. The Morgan fingerprint density at radius 2 is 2.14 bits per heavy atom. The second-order valence-corrected chi connectivity index (χ2v) is 3.68. The summed E-state index contributed by atoms with van der Waals surface area (Å²) in [5.41, 5.74) is 0. The van der Waals surface area contributed by atoms with E-state index >= 15 is 0 Å². The van der Waals surface area contributed by atoms with Gasteiger partial charge in [-0.2, -0.15) is 0 Å². The molecule has 0 aliphatic carbocycles. The van der Waals surface area contributed by atoms with Crippen LogP contribution < -0.4 is 4.74 Å². The Morgan fingerprint density at radius 1 is 1.36 bits per heavy atom. The van der Waals surface area contributed by atoms with Crippen LogP contribution in [-0.2, 0) is 0 Å². The molecule has 0 fully saturated rings. The van der Waals surface area contributed by atoms with E-state index in [0.717, 1.165) is 6.07 Å². The van der Waals surface area contributed by atoms with Crippen molar-refractivity contribution in [2.75, 3.05) is 6.61 Å². The first-order valence-electron chi connectivity index (χ1n) is 4.22. The van der Waals surface area contributed by atoms with Crippen LogP contribution in [0.5, 0.6) is 5.75 Å². The third kappa shape index (κ3) is 1.35. The number of rotatable bonds is 2. The van der Waals surface area contributed by atoms with Crippen LogP contribution >= 0.6 is 11.3 Å². The third-order valence-electron chi connectivity index (χ3n) is 1.89. The zero-order valence-corrected chi connectivity index (χ0v) is 8.33. The summed E-state index contributed by atoms with van der Waals surface area (Å²) in [7, 11) is 0. The van der Waals surface area contributed by atoms with E-state index in [1.807, 2.05) is 0 Å². The molecule has 0 atom stereocenters. The predicted octanol–water partition coefficient (Wildman–Crippen LogP) is 3.58. The summed E-state index contributed by atoms with van der Waals surface area (Å²) < 4.78 is 32.1. The summed E-state index contributed by atoms with van der Waals surface area (Å²) in [6.07, 6.45) is 0. The molecule has 0 aliphatic heterocycles. The maximum atomic E-state index is 13.3. The number of halogens is 2. The van der Waals surface area contributed by atoms with Crippen molar-refractivity contribution in [1.82, 2.24) is 0 Å². The molecule has 4 heteroatoms. The number of thiophene rings is 1. The van der Waals surface area contributed by atoms with Gasteiger partial charge in [0.2, 0.25) is 0 Å². The number of ether oxygens (including phenoxy) is 1. The Bertz CT molecular complexity index is 464. The third-order valence-corrected chi connectivity index (χ3v) is 2.81. The van der Waals surface area contributed by atoms with Gasteiger partial charge in [-0.25, -0.2) is 8.78 Å². The maximum Gasteiger partial charge on any atom is 0.168 e. The van der Waals surface area contributed by atoms with Crippen molar-refractivity contribution in [3.63, 3.8) is 0 Å². The molecule has 0 aliphatic rings. The van der Waals surface area contributed by atoms with Crippen LogP contribution in [0.2, 0.25) is 0 Å². The SMILES string of the molecule is CCOc1c(F)cc(F)c2sccc12. The average molecular weight is 214 g/mol. The minimum atomic E-state index is -0.643. The van der Waals surface area contributed by atoms with E-state index in [-0.39, 0.29) is 5.75 Å². The molecule has 0 saturated carbocycles. The Kier molecular flexibility index (Phi) is 2.37. The summed E-state index contributed by atoms with van der Waals surface area (Å²) in [4.78, 5) is 0. The molecule has 74 valence electrons. The van der Waals surface area contributed by atoms with Gasteiger partial charge in [0.15, 0.2) is 11.6 Å².